The highest BCUT2D eigenvalue weighted by Gasteiger charge is 2.39. The molecule has 0 saturated carbocycles. The SMILES string of the molecule is CNC(=O)c1ccccc1Nc1nc(Nc2ccc(N3CCN(C(=O)NCCCOCCN(CCC#Cc4cccc5c4CN(C4CCC(=O)NC4=O)C5=O)C(=O)OC(C)(C)C)CC3)cc2)ncc1Cl. The molecule has 3 aliphatic heterocycles. The molecule has 7 rings (SSSR count). The summed E-state index contributed by atoms with van der Waals surface area (Å²) in [5, 5.41) is 14.6. The van der Waals surface area contributed by atoms with Crippen molar-refractivity contribution in [2.24, 2.45) is 0 Å². The van der Waals surface area contributed by atoms with Crippen LogP contribution in [0, 0.1) is 11.8 Å². The lowest BCUT2D eigenvalue weighted by molar-refractivity contribution is -0.136. The van der Waals surface area contributed by atoms with Gasteiger partial charge in [-0.15, -0.1) is 0 Å². The van der Waals surface area contributed by atoms with Gasteiger partial charge in [-0.3, -0.25) is 24.5 Å². The van der Waals surface area contributed by atoms with E-state index < -0.39 is 23.6 Å². The molecule has 0 radical (unpaired) electrons. The van der Waals surface area contributed by atoms with Crippen LogP contribution in [0.15, 0.2) is 72.9 Å². The number of carbonyl (C=O) groups is 6. The van der Waals surface area contributed by atoms with Gasteiger partial charge in [-0.05, 0) is 87.7 Å². The maximum atomic E-state index is 13.2. The molecule has 1 unspecified atom stereocenters. The average Bonchev–Trinajstić information content (AvgIpc) is 3.68. The summed E-state index contributed by atoms with van der Waals surface area (Å²) < 4.78 is 11.5. The largest absolute Gasteiger partial charge is 0.444 e. The number of hydrogen-bond donors (Lipinski definition) is 5. The van der Waals surface area contributed by atoms with Crippen LogP contribution < -0.4 is 31.5 Å². The normalized spacial score (nSPS) is 15.6. The summed E-state index contributed by atoms with van der Waals surface area (Å²) in [7, 11) is 1.57. The lowest BCUT2D eigenvalue weighted by Crippen LogP contribution is -2.52. The van der Waals surface area contributed by atoms with E-state index >= 15 is 0 Å². The van der Waals surface area contributed by atoms with Crippen molar-refractivity contribution in [3.63, 3.8) is 0 Å². The maximum Gasteiger partial charge on any atom is 0.410 e. The number of halogens is 1. The van der Waals surface area contributed by atoms with Crippen molar-refractivity contribution in [3.05, 3.63) is 100 Å². The van der Waals surface area contributed by atoms with Crippen molar-refractivity contribution in [3.8, 4) is 11.8 Å². The summed E-state index contributed by atoms with van der Waals surface area (Å²) in [4.78, 5) is 91.8. The smallest absolute Gasteiger partial charge is 0.410 e. The van der Waals surface area contributed by atoms with E-state index in [1.54, 1.807) is 68.0 Å². The van der Waals surface area contributed by atoms with Crippen LogP contribution in [0.2, 0.25) is 5.02 Å². The Morgan fingerprint density at radius 1 is 0.943 bits per heavy atom. The fourth-order valence-electron chi connectivity index (χ4n) is 8.05. The third-order valence-electron chi connectivity index (χ3n) is 11.7. The van der Waals surface area contributed by atoms with Crippen molar-refractivity contribution >= 4 is 76.2 Å². The Morgan fingerprint density at radius 3 is 2.46 bits per heavy atom. The summed E-state index contributed by atoms with van der Waals surface area (Å²) in [6.45, 7) is 9.69. The van der Waals surface area contributed by atoms with Crippen LogP contribution >= 0.6 is 11.6 Å². The molecule has 20 heteroatoms. The third kappa shape index (κ3) is 13.2. The number of ether oxygens (including phenoxy) is 2. The third-order valence-corrected chi connectivity index (χ3v) is 11.9. The molecule has 1 aromatic heterocycles. The molecule has 2 fully saturated rings. The van der Waals surface area contributed by atoms with Gasteiger partial charge in [0, 0.05) is 101 Å². The number of rotatable bonds is 16. The Hall–Kier alpha value is -7.43. The lowest BCUT2D eigenvalue weighted by Gasteiger charge is -2.36. The van der Waals surface area contributed by atoms with Crippen LogP contribution in [-0.4, -0.2) is 138 Å². The minimum atomic E-state index is -0.716. The number of hydrogen-bond acceptors (Lipinski definition) is 13. The van der Waals surface area contributed by atoms with Crippen LogP contribution in [0.4, 0.5) is 38.4 Å². The van der Waals surface area contributed by atoms with Crippen molar-refractivity contribution in [2.75, 3.05) is 81.6 Å². The van der Waals surface area contributed by atoms with Gasteiger partial charge in [0.25, 0.3) is 11.8 Å². The first-order chi connectivity index (χ1) is 33.7. The molecule has 3 aliphatic rings. The molecule has 0 bridgehead atoms. The topological polar surface area (TPSA) is 220 Å². The van der Waals surface area contributed by atoms with Crippen LogP contribution in [-0.2, 0) is 25.6 Å². The molecule has 0 aliphatic carbocycles. The summed E-state index contributed by atoms with van der Waals surface area (Å²) in [6.07, 6.45) is 2.37. The molecule has 0 spiro atoms. The highest BCUT2D eigenvalue weighted by Crippen LogP contribution is 2.30. The number of urea groups is 1. The van der Waals surface area contributed by atoms with Crippen molar-refractivity contribution in [2.45, 2.75) is 64.6 Å². The number of piperazine rings is 1. The van der Waals surface area contributed by atoms with Gasteiger partial charge < -0.3 is 50.3 Å². The van der Waals surface area contributed by atoms with Gasteiger partial charge in [0.15, 0.2) is 5.82 Å². The number of benzene rings is 3. The van der Waals surface area contributed by atoms with Gasteiger partial charge in [0.2, 0.25) is 17.8 Å². The minimum Gasteiger partial charge on any atom is -0.444 e. The molecule has 3 aromatic carbocycles. The number of piperidine rings is 1. The van der Waals surface area contributed by atoms with Gasteiger partial charge >= 0.3 is 12.1 Å². The number of carbonyl (C=O) groups excluding carboxylic acids is 6. The second kappa shape index (κ2) is 23.2. The summed E-state index contributed by atoms with van der Waals surface area (Å²) in [5.41, 5.74) is 3.97. The van der Waals surface area contributed by atoms with E-state index in [1.165, 1.54) is 11.1 Å². The molecule has 19 nitrogen and oxygen atoms in total. The Balaban J connectivity index is 0.807. The fourth-order valence-corrected chi connectivity index (χ4v) is 8.19. The molecule has 5 N–H and O–H groups in total. The Bertz CT molecular complexity index is 2640. The summed E-state index contributed by atoms with van der Waals surface area (Å²) in [6, 6.07) is 19.4. The second-order valence-corrected chi connectivity index (χ2v) is 18.1. The minimum absolute atomic E-state index is 0.135. The van der Waals surface area contributed by atoms with E-state index in [-0.39, 0.29) is 62.8 Å². The number of amides is 7. The number of imide groups is 1. The molecule has 4 heterocycles. The zero-order chi connectivity index (χ0) is 49.8. The van der Waals surface area contributed by atoms with Crippen LogP contribution in [0.1, 0.15) is 78.3 Å². The molecule has 70 heavy (non-hydrogen) atoms. The van der Waals surface area contributed by atoms with E-state index in [2.05, 4.69) is 53.3 Å². The molecule has 2 saturated heterocycles. The van der Waals surface area contributed by atoms with Gasteiger partial charge in [0.1, 0.15) is 16.7 Å². The number of aromatic nitrogens is 2. The highest BCUT2D eigenvalue weighted by molar-refractivity contribution is 6.33. The quantitative estimate of drug-likeness (QED) is 0.0521. The molecule has 1 atom stereocenters. The van der Waals surface area contributed by atoms with E-state index in [0.29, 0.717) is 91.3 Å². The molecule has 4 aromatic rings. The average molecular weight is 977 g/mol. The molecular formula is C50H58ClN11O8. The highest BCUT2D eigenvalue weighted by atomic mass is 35.5. The lowest BCUT2D eigenvalue weighted by atomic mass is 10.0. The molecule has 7 amide bonds. The zero-order valence-electron chi connectivity index (χ0n) is 39.7. The van der Waals surface area contributed by atoms with Gasteiger partial charge in [-0.2, -0.15) is 4.98 Å². The fraction of sp³-hybridized carbons (Fsp3) is 0.400. The van der Waals surface area contributed by atoms with E-state index in [4.69, 9.17) is 21.1 Å². The first-order valence-electron chi connectivity index (χ1n) is 23.2. The standard InChI is InChI=1S/C50H58ClN11O8/c1-50(2,3)70-49(68)61(23-8-7-11-33-12-9-14-36-38(33)32-62(46(36)66)41-20-21-42(63)57-45(41)65)28-30-69-29-10-22-53-48(67)60-26-24-59(25-27-60)35-18-16-34(17-19-35)55-47-54-31-39(51)43(58-47)56-40-15-6-5-13-37(40)44(64)52-4/h5-6,9,12-19,31,41H,8,10,20-30,32H2,1-4H3,(H,52,64)(H,53,67)(H,57,63,65)(H2,54,55,56,58). The van der Waals surface area contributed by atoms with Crippen LogP contribution in [0.3, 0.4) is 0 Å². The van der Waals surface area contributed by atoms with Gasteiger partial charge in [-0.25, -0.2) is 14.6 Å². The summed E-state index contributed by atoms with van der Waals surface area (Å²) >= 11 is 6.40. The monoisotopic (exact) mass is 975 g/mol. The van der Waals surface area contributed by atoms with Crippen molar-refractivity contribution in [1.82, 2.24) is 40.6 Å². The molecular weight excluding hydrogens is 918 g/mol. The Kier molecular flexibility index (Phi) is 16.8. The molecule has 368 valence electrons. The number of nitrogens with zero attached hydrogens (tertiary/aromatic N) is 6. The first kappa shape index (κ1) is 50.4. The first-order valence-corrected chi connectivity index (χ1v) is 23.6. The number of anilines is 5. The predicted octanol–water partition coefficient (Wildman–Crippen LogP) is 5.66. The zero-order valence-corrected chi connectivity index (χ0v) is 40.5. The van der Waals surface area contributed by atoms with Crippen molar-refractivity contribution in [1.29, 1.82) is 0 Å². The van der Waals surface area contributed by atoms with Crippen LogP contribution in [0.5, 0.6) is 0 Å². The number of nitrogens with one attached hydrogen (secondary N) is 5. The Labute approximate surface area is 412 Å². The van der Waals surface area contributed by atoms with Gasteiger partial charge in [0.05, 0.1) is 24.1 Å². The van der Waals surface area contributed by atoms with Crippen molar-refractivity contribution < 1.29 is 38.2 Å². The second-order valence-electron chi connectivity index (χ2n) is 17.7. The van der Waals surface area contributed by atoms with E-state index in [9.17, 15) is 28.8 Å². The van der Waals surface area contributed by atoms with E-state index in [0.717, 1.165) is 16.9 Å². The maximum absolute atomic E-state index is 13.2. The van der Waals surface area contributed by atoms with Gasteiger partial charge in [-0.1, -0.05) is 41.6 Å². The van der Waals surface area contributed by atoms with E-state index in [1.807, 2.05) is 36.4 Å². The number of fused-ring (bicyclic) bond motifs is 1. The predicted molar refractivity (Wildman–Crippen MR) is 264 cm³/mol. The summed E-state index contributed by atoms with van der Waals surface area (Å²) in [5.74, 6) is 5.63. The number of para-hydroxylation sites is 1. The van der Waals surface area contributed by atoms with Crippen LogP contribution in [0.25, 0.3) is 0 Å². The Morgan fingerprint density at radius 2 is 1.71 bits per heavy atom.